The summed E-state index contributed by atoms with van der Waals surface area (Å²) in [6.45, 7) is 0.568. The van der Waals surface area contributed by atoms with E-state index in [2.05, 4.69) is 15.5 Å². The molecule has 0 saturated heterocycles. The summed E-state index contributed by atoms with van der Waals surface area (Å²) in [6.07, 6.45) is 0.105. The van der Waals surface area contributed by atoms with E-state index in [1.54, 1.807) is 17.0 Å². The van der Waals surface area contributed by atoms with E-state index in [1.165, 1.54) is 36.4 Å². The molecule has 0 unspecified atom stereocenters. The van der Waals surface area contributed by atoms with Gasteiger partial charge in [0, 0.05) is 24.3 Å². The molecule has 2 aromatic carbocycles. The zero-order chi connectivity index (χ0) is 20.8. The fraction of sp³-hybridized carbons (Fsp3) is 0.158. The minimum Gasteiger partial charge on any atom is -0.370 e. The summed E-state index contributed by atoms with van der Waals surface area (Å²) in [6, 6.07) is 11.1. The molecular formula is C19H17F2N5O2S. The van der Waals surface area contributed by atoms with Crippen molar-refractivity contribution in [2.75, 3.05) is 16.8 Å². The third-order valence-corrected chi connectivity index (χ3v) is 4.82. The number of rotatable bonds is 8. The van der Waals surface area contributed by atoms with Gasteiger partial charge in [-0.05, 0) is 48.5 Å². The van der Waals surface area contributed by atoms with Crippen LogP contribution in [-0.2, 0) is 11.3 Å². The largest absolute Gasteiger partial charge is 0.370 e. The van der Waals surface area contributed by atoms with E-state index in [9.17, 15) is 18.4 Å². The first-order chi connectivity index (χ1) is 13.9. The summed E-state index contributed by atoms with van der Waals surface area (Å²) in [4.78, 5) is 25.3. The summed E-state index contributed by atoms with van der Waals surface area (Å²) in [5.41, 5.74) is 6.35. The molecule has 1 heterocycles. The Balaban J connectivity index is 1.70. The van der Waals surface area contributed by atoms with Gasteiger partial charge in [0.25, 0.3) is 5.91 Å². The lowest BCUT2D eigenvalue weighted by atomic mass is 10.2. The quantitative estimate of drug-likeness (QED) is 0.587. The lowest BCUT2D eigenvalue weighted by molar-refractivity contribution is -0.117. The molecule has 2 amide bonds. The van der Waals surface area contributed by atoms with Crippen molar-refractivity contribution in [1.82, 2.24) is 10.2 Å². The molecule has 10 heteroatoms. The Morgan fingerprint density at radius 2 is 1.62 bits per heavy atom. The Hall–Kier alpha value is -3.40. The molecule has 1 aromatic heterocycles. The molecule has 0 spiro atoms. The highest BCUT2D eigenvalue weighted by Gasteiger charge is 2.16. The van der Waals surface area contributed by atoms with Gasteiger partial charge in [-0.1, -0.05) is 11.3 Å². The second kappa shape index (κ2) is 9.20. The van der Waals surface area contributed by atoms with Crippen molar-refractivity contribution in [2.24, 2.45) is 5.73 Å². The van der Waals surface area contributed by atoms with Crippen molar-refractivity contribution in [2.45, 2.75) is 13.0 Å². The zero-order valence-corrected chi connectivity index (χ0v) is 16.0. The van der Waals surface area contributed by atoms with Crippen molar-refractivity contribution in [3.05, 3.63) is 70.2 Å². The molecule has 0 aliphatic rings. The smallest absolute Gasteiger partial charge is 0.286 e. The number of halogens is 2. The fourth-order valence-electron chi connectivity index (χ4n) is 2.49. The first kappa shape index (κ1) is 20.3. The molecule has 0 saturated carbocycles. The zero-order valence-electron chi connectivity index (χ0n) is 15.1. The molecular weight excluding hydrogens is 400 g/mol. The number of benzene rings is 2. The SMILES string of the molecule is NC(=O)CCN(Cc1nnc(C(=O)Nc2ccc(F)cc2)s1)c1ccc(F)cc1. The van der Waals surface area contributed by atoms with Gasteiger partial charge in [-0.3, -0.25) is 9.59 Å². The average molecular weight is 417 g/mol. The molecule has 3 rings (SSSR count). The van der Waals surface area contributed by atoms with Crippen LogP contribution in [0.15, 0.2) is 48.5 Å². The molecule has 7 nitrogen and oxygen atoms in total. The number of primary amides is 1. The van der Waals surface area contributed by atoms with Crippen molar-refractivity contribution >= 4 is 34.5 Å². The molecule has 0 aliphatic carbocycles. The van der Waals surface area contributed by atoms with Gasteiger partial charge in [0.05, 0.1) is 6.54 Å². The van der Waals surface area contributed by atoms with Gasteiger partial charge in [0.15, 0.2) is 0 Å². The average Bonchev–Trinajstić information content (AvgIpc) is 3.16. The van der Waals surface area contributed by atoms with Crippen LogP contribution in [0.25, 0.3) is 0 Å². The Morgan fingerprint density at radius 1 is 1.00 bits per heavy atom. The molecule has 3 aromatic rings. The van der Waals surface area contributed by atoms with Gasteiger partial charge in [-0.25, -0.2) is 8.78 Å². The van der Waals surface area contributed by atoms with Gasteiger partial charge in [0.2, 0.25) is 10.9 Å². The second-order valence-corrected chi connectivity index (χ2v) is 7.14. The summed E-state index contributed by atoms with van der Waals surface area (Å²) in [5, 5.41) is 11.2. The molecule has 150 valence electrons. The van der Waals surface area contributed by atoms with Crippen molar-refractivity contribution in [3.8, 4) is 0 Å². The summed E-state index contributed by atoms with van der Waals surface area (Å²) < 4.78 is 26.2. The first-order valence-corrected chi connectivity index (χ1v) is 9.40. The highest BCUT2D eigenvalue weighted by atomic mass is 32.1. The molecule has 3 N–H and O–H groups in total. The fourth-order valence-corrected chi connectivity index (χ4v) is 3.24. The second-order valence-electron chi connectivity index (χ2n) is 6.08. The molecule has 29 heavy (non-hydrogen) atoms. The van der Waals surface area contributed by atoms with Crippen molar-refractivity contribution in [1.29, 1.82) is 0 Å². The number of aromatic nitrogens is 2. The number of carbonyl (C=O) groups excluding carboxylic acids is 2. The van der Waals surface area contributed by atoms with E-state index in [0.29, 0.717) is 22.9 Å². The van der Waals surface area contributed by atoms with Crippen LogP contribution in [-0.4, -0.2) is 28.6 Å². The standard InChI is InChI=1S/C19H17F2N5O2S/c20-12-1-5-14(6-2-12)23-18(28)19-25-24-17(29-19)11-26(10-9-16(22)27)15-7-3-13(21)4-8-15/h1-8H,9-11H2,(H2,22,27)(H,23,28). The maximum absolute atomic E-state index is 13.2. The lowest BCUT2D eigenvalue weighted by Crippen LogP contribution is -2.27. The van der Waals surface area contributed by atoms with Crippen LogP contribution in [0, 0.1) is 11.6 Å². The van der Waals surface area contributed by atoms with Crippen molar-refractivity contribution in [3.63, 3.8) is 0 Å². The normalized spacial score (nSPS) is 10.6. The van der Waals surface area contributed by atoms with Crippen LogP contribution >= 0.6 is 11.3 Å². The minimum atomic E-state index is -0.467. The van der Waals surface area contributed by atoms with Crippen LogP contribution in [0.5, 0.6) is 0 Å². The van der Waals surface area contributed by atoms with Crippen LogP contribution in [0.1, 0.15) is 21.2 Å². The Labute approximate surface area is 169 Å². The monoisotopic (exact) mass is 417 g/mol. The topological polar surface area (TPSA) is 101 Å². The first-order valence-electron chi connectivity index (χ1n) is 8.59. The van der Waals surface area contributed by atoms with Gasteiger partial charge in [-0.2, -0.15) is 0 Å². The van der Waals surface area contributed by atoms with Crippen LogP contribution in [0.4, 0.5) is 20.2 Å². The number of nitrogens with one attached hydrogen (secondary N) is 1. The Bertz CT molecular complexity index is 993. The lowest BCUT2D eigenvalue weighted by Gasteiger charge is -2.23. The predicted molar refractivity (Wildman–Crippen MR) is 106 cm³/mol. The van der Waals surface area contributed by atoms with Crippen LogP contribution in [0.3, 0.4) is 0 Å². The number of nitrogens with zero attached hydrogens (tertiary/aromatic N) is 3. The van der Waals surface area contributed by atoms with E-state index < -0.39 is 17.6 Å². The number of nitrogens with two attached hydrogens (primary N) is 1. The van der Waals surface area contributed by atoms with E-state index >= 15 is 0 Å². The Kier molecular flexibility index (Phi) is 6.45. The van der Waals surface area contributed by atoms with Crippen molar-refractivity contribution < 1.29 is 18.4 Å². The van der Waals surface area contributed by atoms with Gasteiger partial charge in [-0.15, -0.1) is 10.2 Å². The number of amides is 2. The summed E-state index contributed by atoms with van der Waals surface area (Å²) in [5.74, 6) is -1.71. The van der Waals surface area contributed by atoms with E-state index in [0.717, 1.165) is 11.3 Å². The molecule has 0 bridgehead atoms. The van der Waals surface area contributed by atoms with Gasteiger partial charge in [0.1, 0.15) is 16.6 Å². The highest BCUT2D eigenvalue weighted by Crippen LogP contribution is 2.21. The van der Waals surface area contributed by atoms with Crippen LogP contribution in [0.2, 0.25) is 0 Å². The summed E-state index contributed by atoms with van der Waals surface area (Å²) in [7, 11) is 0. The van der Waals surface area contributed by atoms with Crippen LogP contribution < -0.4 is 16.0 Å². The highest BCUT2D eigenvalue weighted by molar-refractivity contribution is 7.13. The maximum Gasteiger partial charge on any atom is 0.286 e. The third kappa shape index (κ3) is 5.79. The number of carbonyl (C=O) groups is 2. The van der Waals surface area contributed by atoms with E-state index in [1.807, 2.05) is 0 Å². The Morgan fingerprint density at radius 3 is 2.24 bits per heavy atom. The number of anilines is 2. The molecule has 0 aliphatic heterocycles. The van der Waals surface area contributed by atoms with E-state index in [4.69, 9.17) is 5.73 Å². The minimum absolute atomic E-state index is 0.105. The number of hydrogen-bond donors (Lipinski definition) is 2. The third-order valence-electron chi connectivity index (χ3n) is 3.91. The summed E-state index contributed by atoms with van der Waals surface area (Å²) >= 11 is 1.08. The van der Waals surface area contributed by atoms with Gasteiger partial charge < -0.3 is 16.0 Å². The van der Waals surface area contributed by atoms with Gasteiger partial charge >= 0.3 is 0 Å². The maximum atomic E-state index is 13.2. The molecule has 0 fully saturated rings. The molecule has 0 atom stereocenters. The molecule has 0 radical (unpaired) electrons. The number of hydrogen-bond acceptors (Lipinski definition) is 6. The predicted octanol–water partition coefficient (Wildman–Crippen LogP) is 2.95. The van der Waals surface area contributed by atoms with E-state index in [-0.39, 0.29) is 23.8 Å².